The van der Waals surface area contributed by atoms with Crippen molar-refractivity contribution in [2.24, 2.45) is 5.92 Å². The second-order valence-electron chi connectivity index (χ2n) is 10.9. The molecule has 2 heterocycles. The number of rotatable bonds is 5. The number of ether oxygens (including phenoxy) is 1. The Morgan fingerprint density at radius 2 is 1.80 bits per heavy atom. The highest BCUT2D eigenvalue weighted by Crippen LogP contribution is 2.31. The molecule has 2 aliphatic rings. The van der Waals surface area contributed by atoms with E-state index in [-0.39, 0.29) is 54.7 Å². The molecule has 0 bridgehead atoms. The minimum atomic E-state index is -0.992. The van der Waals surface area contributed by atoms with E-state index in [1.54, 1.807) is 36.7 Å². The van der Waals surface area contributed by atoms with Crippen LogP contribution >= 0.6 is 0 Å². The smallest absolute Gasteiger partial charge is 0.255 e. The predicted molar refractivity (Wildman–Crippen MR) is 149 cm³/mol. The highest BCUT2D eigenvalue weighted by atomic mass is 16.5. The standard InChI is InChI=1S/C30H39N5O5/c1-20(2)24-19-40-25-8-4-3-7-22(25)27(37)33-23(28(38)32-18-13-21-11-16-31-17-12-21)9-10-26(36)35-30(29(39)34-24)14-5-6-15-30/h3-4,7-8,11-12,16-17,20,23-24H,5-6,9-10,13-15,18-19H2,1-2H3,(H,32,38)(H,33,37)(H,34,39)(H,35,36)/t23-,24-/m0/s1. The van der Waals surface area contributed by atoms with Gasteiger partial charge in [0.1, 0.15) is 23.9 Å². The first-order chi connectivity index (χ1) is 19.3. The Bertz CT molecular complexity index is 1200. The van der Waals surface area contributed by atoms with Gasteiger partial charge in [-0.2, -0.15) is 0 Å². The lowest BCUT2D eigenvalue weighted by molar-refractivity contribution is -0.134. The van der Waals surface area contributed by atoms with E-state index in [4.69, 9.17) is 4.74 Å². The number of nitrogens with zero attached hydrogens (tertiary/aromatic N) is 1. The van der Waals surface area contributed by atoms with E-state index in [2.05, 4.69) is 26.3 Å². The first kappa shape index (κ1) is 29.0. The van der Waals surface area contributed by atoms with Gasteiger partial charge >= 0.3 is 0 Å². The number of para-hydroxylation sites is 1. The largest absolute Gasteiger partial charge is 0.491 e. The third-order valence-electron chi connectivity index (χ3n) is 7.69. The number of pyridine rings is 1. The molecule has 4 N–H and O–H groups in total. The van der Waals surface area contributed by atoms with Gasteiger partial charge in [-0.15, -0.1) is 0 Å². The summed E-state index contributed by atoms with van der Waals surface area (Å²) in [7, 11) is 0. The SMILES string of the molecule is CC(C)[C@@H]1COc2ccccc2C(=O)N[C@H](C(=O)NCCc2ccncc2)CCC(=O)NC2(CCCC2)C(=O)N1. The molecule has 10 heteroatoms. The first-order valence-corrected chi connectivity index (χ1v) is 14.1. The summed E-state index contributed by atoms with van der Waals surface area (Å²) >= 11 is 0. The summed E-state index contributed by atoms with van der Waals surface area (Å²) in [5, 5.41) is 11.8. The van der Waals surface area contributed by atoms with Crippen molar-refractivity contribution in [1.29, 1.82) is 0 Å². The molecule has 4 rings (SSSR count). The number of carbonyl (C=O) groups excluding carboxylic acids is 4. The summed E-state index contributed by atoms with van der Waals surface area (Å²) < 4.78 is 6.07. The van der Waals surface area contributed by atoms with Crippen molar-refractivity contribution in [3.05, 3.63) is 59.9 Å². The molecule has 1 aromatic heterocycles. The van der Waals surface area contributed by atoms with Crippen LogP contribution in [0.1, 0.15) is 68.3 Å². The molecule has 1 aromatic carbocycles. The molecular weight excluding hydrogens is 510 g/mol. The van der Waals surface area contributed by atoms with E-state index in [1.165, 1.54) is 0 Å². The average molecular weight is 550 g/mol. The summed E-state index contributed by atoms with van der Waals surface area (Å²) in [5.41, 5.74) is 0.303. The summed E-state index contributed by atoms with van der Waals surface area (Å²) in [5.74, 6) is -0.994. The topological polar surface area (TPSA) is 139 Å². The van der Waals surface area contributed by atoms with Crippen molar-refractivity contribution in [1.82, 2.24) is 26.3 Å². The molecule has 10 nitrogen and oxygen atoms in total. The zero-order valence-electron chi connectivity index (χ0n) is 23.2. The highest BCUT2D eigenvalue weighted by Gasteiger charge is 2.43. The minimum Gasteiger partial charge on any atom is -0.491 e. The van der Waals surface area contributed by atoms with Gasteiger partial charge in [0.2, 0.25) is 17.7 Å². The lowest BCUT2D eigenvalue weighted by Crippen LogP contribution is -2.60. The number of carbonyl (C=O) groups is 4. The molecule has 1 aliphatic carbocycles. The van der Waals surface area contributed by atoms with Crippen molar-refractivity contribution >= 4 is 23.6 Å². The van der Waals surface area contributed by atoms with Crippen molar-refractivity contribution < 1.29 is 23.9 Å². The second-order valence-corrected chi connectivity index (χ2v) is 10.9. The third kappa shape index (κ3) is 7.37. The van der Waals surface area contributed by atoms with Crippen LogP contribution in [0, 0.1) is 5.92 Å². The summed E-state index contributed by atoms with van der Waals surface area (Å²) in [6.07, 6.45) is 6.80. The van der Waals surface area contributed by atoms with Crippen molar-refractivity contribution in [2.75, 3.05) is 13.2 Å². The molecular formula is C30H39N5O5. The summed E-state index contributed by atoms with van der Waals surface area (Å²) in [6, 6.07) is 9.27. The maximum absolute atomic E-state index is 13.5. The molecule has 2 aromatic rings. The van der Waals surface area contributed by atoms with Gasteiger partial charge in [-0.3, -0.25) is 24.2 Å². The first-order valence-electron chi connectivity index (χ1n) is 14.1. The number of aromatic nitrogens is 1. The number of hydrogen-bond acceptors (Lipinski definition) is 6. The molecule has 0 unspecified atom stereocenters. The van der Waals surface area contributed by atoms with E-state index in [1.807, 2.05) is 26.0 Å². The maximum Gasteiger partial charge on any atom is 0.255 e. The van der Waals surface area contributed by atoms with Crippen molar-refractivity contribution in [3.8, 4) is 5.75 Å². The van der Waals surface area contributed by atoms with Crippen LogP contribution in [0.3, 0.4) is 0 Å². The quantitative estimate of drug-likeness (QED) is 0.452. The molecule has 2 atom stereocenters. The lowest BCUT2D eigenvalue weighted by Gasteiger charge is -2.32. The van der Waals surface area contributed by atoms with Gasteiger partial charge < -0.3 is 26.0 Å². The van der Waals surface area contributed by atoms with E-state index >= 15 is 0 Å². The van der Waals surface area contributed by atoms with Crippen LogP contribution < -0.4 is 26.0 Å². The zero-order valence-corrected chi connectivity index (χ0v) is 23.2. The Kier molecular flexibility index (Phi) is 9.74. The van der Waals surface area contributed by atoms with Gasteiger partial charge in [-0.05, 0) is 61.4 Å². The number of hydrogen-bond donors (Lipinski definition) is 4. The van der Waals surface area contributed by atoms with Crippen LogP contribution in [0.15, 0.2) is 48.8 Å². The van der Waals surface area contributed by atoms with Crippen molar-refractivity contribution in [3.63, 3.8) is 0 Å². The fraction of sp³-hybridized carbons (Fsp3) is 0.500. The van der Waals surface area contributed by atoms with E-state index in [0.717, 1.165) is 18.4 Å². The number of fused-ring (bicyclic) bond motifs is 1. The Labute approximate surface area is 235 Å². The third-order valence-corrected chi connectivity index (χ3v) is 7.69. The van der Waals surface area contributed by atoms with Crippen LogP contribution in [0.5, 0.6) is 5.75 Å². The predicted octanol–water partition coefficient (Wildman–Crippen LogP) is 2.28. The van der Waals surface area contributed by atoms with Gasteiger partial charge in [0.05, 0.1) is 11.6 Å². The van der Waals surface area contributed by atoms with Gasteiger partial charge in [0.15, 0.2) is 0 Å². The number of benzene rings is 1. The summed E-state index contributed by atoms with van der Waals surface area (Å²) in [4.78, 5) is 57.2. The van der Waals surface area contributed by atoms with Crippen molar-refractivity contribution in [2.45, 2.75) is 76.4 Å². The fourth-order valence-electron chi connectivity index (χ4n) is 5.17. The monoisotopic (exact) mass is 549 g/mol. The molecule has 4 amide bonds. The van der Waals surface area contributed by atoms with Crippen LogP contribution in [-0.2, 0) is 20.8 Å². The molecule has 0 radical (unpaired) electrons. The number of amides is 4. The van der Waals surface area contributed by atoms with E-state index in [0.29, 0.717) is 31.6 Å². The molecule has 214 valence electrons. The van der Waals surface area contributed by atoms with E-state index < -0.39 is 17.5 Å². The van der Waals surface area contributed by atoms with Crippen LogP contribution in [0.25, 0.3) is 0 Å². The van der Waals surface area contributed by atoms with Crippen LogP contribution in [0.4, 0.5) is 0 Å². The average Bonchev–Trinajstić information content (AvgIpc) is 3.42. The van der Waals surface area contributed by atoms with Gasteiger partial charge in [0.25, 0.3) is 5.91 Å². The maximum atomic E-state index is 13.5. The Morgan fingerprint density at radius 3 is 2.52 bits per heavy atom. The van der Waals surface area contributed by atoms with Crippen LogP contribution in [0.2, 0.25) is 0 Å². The fourth-order valence-corrected chi connectivity index (χ4v) is 5.17. The summed E-state index contributed by atoms with van der Waals surface area (Å²) in [6.45, 7) is 4.48. The van der Waals surface area contributed by atoms with Gasteiger partial charge in [-0.1, -0.05) is 38.8 Å². The molecule has 1 aliphatic heterocycles. The van der Waals surface area contributed by atoms with Crippen LogP contribution in [-0.4, -0.2) is 59.4 Å². The zero-order chi connectivity index (χ0) is 28.5. The second kappa shape index (κ2) is 13.4. The Balaban J connectivity index is 1.56. The van der Waals surface area contributed by atoms with Gasteiger partial charge in [0, 0.05) is 25.4 Å². The highest BCUT2D eigenvalue weighted by molar-refractivity contribution is 6.00. The van der Waals surface area contributed by atoms with Gasteiger partial charge in [-0.25, -0.2) is 0 Å². The molecule has 1 saturated carbocycles. The minimum absolute atomic E-state index is 0.0243. The Hall–Kier alpha value is -3.95. The normalized spacial score (nSPS) is 21.7. The molecule has 1 fully saturated rings. The molecule has 0 saturated heterocycles. The molecule has 40 heavy (non-hydrogen) atoms. The molecule has 1 spiro atoms. The van der Waals surface area contributed by atoms with E-state index in [9.17, 15) is 19.2 Å². The Morgan fingerprint density at radius 1 is 1.07 bits per heavy atom. The number of nitrogens with one attached hydrogen (secondary N) is 4. The lowest BCUT2D eigenvalue weighted by atomic mass is 9.94.